The fraction of sp³-hybridized carbons (Fsp3) is 0.133. The first-order valence-corrected chi connectivity index (χ1v) is 6.85. The summed E-state index contributed by atoms with van der Waals surface area (Å²) >= 11 is 12.1. The van der Waals surface area contributed by atoms with E-state index in [-0.39, 0.29) is 5.91 Å². The molecule has 0 heterocycles. The second-order valence-corrected chi connectivity index (χ2v) is 5.19. The third kappa shape index (κ3) is 4.15. The Morgan fingerprint density at radius 2 is 1.85 bits per heavy atom. The van der Waals surface area contributed by atoms with Crippen LogP contribution in [-0.4, -0.2) is 5.91 Å². The molecule has 2 N–H and O–H groups in total. The summed E-state index contributed by atoms with van der Waals surface area (Å²) in [5.41, 5.74) is 2.57. The molecule has 3 nitrogen and oxygen atoms in total. The molecule has 1 amide bonds. The van der Waals surface area contributed by atoms with Gasteiger partial charge in [0.05, 0.1) is 0 Å². The zero-order chi connectivity index (χ0) is 14.5. The monoisotopic (exact) mass is 308 g/mol. The zero-order valence-electron chi connectivity index (χ0n) is 10.9. The molecule has 2 rings (SSSR count). The quantitative estimate of drug-likeness (QED) is 0.869. The van der Waals surface area contributed by atoms with Crippen molar-refractivity contribution >= 4 is 40.5 Å². The molecule has 0 fully saturated rings. The molecular weight excluding hydrogens is 295 g/mol. The van der Waals surface area contributed by atoms with E-state index in [1.54, 1.807) is 12.1 Å². The lowest BCUT2D eigenvalue weighted by molar-refractivity contribution is -0.114. The maximum absolute atomic E-state index is 11.0. The molecule has 0 saturated carbocycles. The van der Waals surface area contributed by atoms with Crippen molar-refractivity contribution in [2.75, 3.05) is 10.6 Å². The van der Waals surface area contributed by atoms with E-state index in [4.69, 9.17) is 23.2 Å². The highest BCUT2D eigenvalue weighted by Gasteiger charge is 2.02. The number of benzene rings is 2. The van der Waals surface area contributed by atoms with Gasteiger partial charge in [-0.3, -0.25) is 4.79 Å². The van der Waals surface area contributed by atoms with Crippen LogP contribution in [0.15, 0.2) is 42.5 Å². The molecule has 0 aliphatic carbocycles. The molecule has 0 atom stereocenters. The minimum absolute atomic E-state index is 0.0972. The molecule has 20 heavy (non-hydrogen) atoms. The number of carbonyl (C=O) groups is 1. The average molecular weight is 309 g/mol. The summed E-state index contributed by atoms with van der Waals surface area (Å²) in [5, 5.41) is 7.30. The maximum atomic E-state index is 11.0. The number of hydrogen-bond donors (Lipinski definition) is 2. The predicted molar refractivity (Wildman–Crippen MR) is 84.5 cm³/mol. The standard InChI is InChI=1S/C15H14Cl2N2O/c1-10(20)19-14-4-2-3-13(8-14)18-9-11-7-12(16)5-6-15(11)17/h2-8,18H,9H2,1H3,(H,19,20). The Morgan fingerprint density at radius 3 is 2.60 bits per heavy atom. The minimum atomic E-state index is -0.0972. The molecular formula is C15H14Cl2N2O. The lowest BCUT2D eigenvalue weighted by atomic mass is 10.2. The highest BCUT2D eigenvalue weighted by Crippen LogP contribution is 2.22. The van der Waals surface area contributed by atoms with Gasteiger partial charge in [0.1, 0.15) is 0 Å². The van der Waals surface area contributed by atoms with E-state index >= 15 is 0 Å². The molecule has 2 aromatic carbocycles. The third-order valence-electron chi connectivity index (χ3n) is 2.67. The number of carbonyl (C=O) groups excluding carboxylic acids is 1. The van der Waals surface area contributed by atoms with Gasteiger partial charge in [0, 0.05) is 34.9 Å². The predicted octanol–water partition coefficient (Wildman–Crippen LogP) is 4.56. The van der Waals surface area contributed by atoms with Crippen LogP contribution in [0, 0.1) is 0 Å². The number of amides is 1. The molecule has 0 aliphatic rings. The Labute approximate surface area is 127 Å². The molecule has 2 aromatic rings. The van der Waals surface area contributed by atoms with E-state index in [1.807, 2.05) is 30.3 Å². The van der Waals surface area contributed by atoms with Crippen molar-refractivity contribution in [3.63, 3.8) is 0 Å². The van der Waals surface area contributed by atoms with Crippen LogP contribution < -0.4 is 10.6 Å². The van der Waals surface area contributed by atoms with E-state index in [0.29, 0.717) is 16.6 Å². The van der Waals surface area contributed by atoms with Crippen molar-refractivity contribution in [2.45, 2.75) is 13.5 Å². The van der Waals surface area contributed by atoms with Gasteiger partial charge in [-0.05, 0) is 42.0 Å². The molecule has 0 bridgehead atoms. The molecule has 0 aromatic heterocycles. The Morgan fingerprint density at radius 1 is 1.10 bits per heavy atom. The maximum Gasteiger partial charge on any atom is 0.221 e. The number of halogens is 2. The van der Waals surface area contributed by atoms with E-state index in [0.717, 1.165) is 16.9 Å². The zero-order valence-corrected chi connectivity index (χ0v) is 12.4. The van der Waals surface area contributed by atoms with Gasteiger partial charge in [0.25, 0.3) is 0 Å². The van der Waals surface area contributed by atoms with Crippen LogP contribution in [0.5, 0.6) is 0 Å². The minimum Gasteiger partial charge on any atom is -0.381 e. The fourth-order valence-corrected chi connectivity index (χ4v) is 2.17. The van der Waals surface area contributed by atoms with Crippen LogP contribution in [0.1, 0.15) is 12.5 Å². The van der Waals surface area contributed by atoms with Crippen LogP contribution in [0.4, 0.5) is 11.4 Å². The van der Waals surface area contributed by atoms with Crippen LogP contribution in [-0.2, 0) is 11.3 Å². The molecule has 0 saturated heterocycles. The summed E-state index contributed by atoms with van der Waals surface area (Å²) in [7, 11) is 0. The number of anilines is 2. The largest absolute Gasteiger partial charge is 0.381 e. The van der Waals surface area contributed by atoms with Gasteiger partial charge >= 0.3 is 0 Å². The van der Waals surface area contributed by atoms with Gasteiger partial charge in [-0.2, -0.15) is 0 Å². The Balaban J connectivity index is 2.07. The Kier molecular flexibility index (Phi) is 4.88. The molecule has 0 unspecified atom stereocenters. The Hall–Kier alpha value is -1.71. The summed E-state index contributed by atoms with van der Waals surface area (Å²) in [6.07, 6.45) is 0. The lowest BCUT2D eigenvalue weighted by Crippen LogP contribution is -2.06. The average Bonchev–Trinajstić information content (AvgIpc) is 2.39. The third-order valence-corrected chi connectivity index (χ3v) is 3.28. The van der Waals surface area contributed by atoms with Gasteiger partial charge in [0.15, 0.2) is 0 Å². The topological polar surface area (TPSA) is 41.1 Å². The normalized spacial score (nSPS) is 10.2. The molecule has 104 valence electrons. The number of nitrogens with one attached hydrogen (secondary N) is 2. The number of rotatable bonds is 4. The molecule has 5 heteroatoms. The van der Waals surface area contributed by atoms with Gasteiger partial charge in [-0.25, -0.2) is 0 Å². The van der Waals surface area contributed by atoms with Crippen molar-refractivity contribution in [2.24, 2.45) is 0 Å². The fourth-order valence-electron chi connectivity index (χ4n) is 1.79. The second-order valence-electron chi connectivity index (χ2n) is 4.35. The van der Waals surface area contributed by atoms with Crippen LogP contribution >= 0.6 is 23.2 Å². The highest BCUT2D eigenvalue weighted by molar-refractivity contribution is 6.33. The highest BCUT2D eigenvalue weighted by atomic mass is 35.5. The summed E-state index contributed by atoms with van der Waals surface area (Å²) in [4.78, 5) is 11.0. The van der Waals surface area contributed by atoms with Crippen LogP contribution in [0.25, 0.3) is 0 Å². The Bertz CT molecular complexity index is 629. The van der Waals surface area contributed by atoms with Crippen molar-refractivity contribution < 1.29 is 4.79 Å². The van der Waals surface area contributed by atoms with Crippen molar-refractivity contribution in [1.29, 1.82) is 0 Å². The first-order valence-electron chi connectivity index (χ1n) is 6.10. The van der Waals surface area contributed by atoms with E-state index < -0.39 is 0 Å². The van der Waals surface area contributed by atoms with Crippen LogP contribution in [0.2, 0.25) is 10.0 Å². The van der Waals surface area contributed by atoms with E-state index in [1.165, 1.54) is 6.92 Å². The van der Waals surface area contributed by atoms with Gasteiger partial charge in [-0.1, -0.05) is 29.3 Å². The summed E-state index contributed by atoms with van der Waals surface area (Å²) < 4.78 is 0. The van der Waals surface area contributed by atoms with Gasteiger partial charge < -0.3 is 10.6 Å². The SMILES string of the molecule is CC(=O)Nc1cccc(NCc2cc(Cl)ccc2Cl)c1. The summed E-state index contributed by atoms with van der Waals surface area (Å²) in [5.74, 6) is -0.0972. The summed E-state index contributed by atoms with van der Waals surface area (Å²) in [6.45, 7) is 2.04. The van der Waals surface area contributed by atoms with Crippen molar-refractivity contribution in [3.05, 3.63) is 58.1 Å². The van der Waals surface area contributed by atoms with Crippen LogP contribution in [0.3, 0.4) is 0 Å². The first-order chi connectivity index (χ1) is 9.54. The molecule has 0 spiro atoms. The number of hydrogen-bond acceptors (Lipinski definition) is 2. The van der Waals surface area contributed by atoms with Gasteiger partial charge in [0.2, 0.25) is 5.91 Å². The first kappa shape index (κ1) is 14.7. The lowest BCUT2D eigenvalue weighted by Gasteiger charge is -2.10. The summed E-state index contributed by atoms with van der Waals surface area (Å²) in [6, 6.07) is 12.8. The molecule has 0 aliphatic heterocycles. The second kappa shape index (κ2) is 6.64. The van der Waals surface area contributed by atoms with Gasteiger partial charge in [-0.15, -0.1) is 0 Å². The smallest absolute Gasteiger partial charge is 0.221 e. The van der Waals surface area contributed by atoms with E-state index in [2.05, 4.69) is 10.6 Å². The van der Waals surface area contributed by atoms with Crippen molar-refractivity contribution in [1.82, 2.24) is 0 Å². The van der Waals surface area contributed by atoms with Crippen molar-refractivity contribution in [3.8, 4) is 0 Å². The van der Waals surface area contributed by atoms with E-state index in [9.17, 15) is 4.79 Å². The molecule has 0 radical (unpaired) electrons.